The van der Waals surface area contributed by atoms with Crippen LogP contribution in [0.4, 0.5) is 22.4 Å². The van der Waals surface area contributed by atoms with E-state index in [1.54, 1.807) is 30.3 Å². The van der Waals surface area contributed by atoms with E-state index in [1.165, 1.54) is 24.3 Å². The maximum atomic E-state index is 13.5. The van der Waals surface area contributed by atoms with Gasteiger partial charge in [-0.25, -0.2) is 13.9 Å². The number of carbonyl (C=O) groups is 1. The molecule has 0 atom stereocenters. The quantitative estimate of drug-likeness (QED) is 0.656. The van der Waals surface area contributed by atoms with Gasteiger partial charge < -0.3 is 10.1 Å². The molecular formula is C19H15F4N3O2. The Morgan fingerprint density at radius 2 is 1.75 bits per heavy atom. The van der Waals surface area contributed by atoms with E-state index in [2.05, 4.69) is 10.4 Å². The first-order valence-corrected chi connectivity index (χ1v) is 8.26. The first kappa shape index (κ1) is 19.4. The van der Waals surface area contributed by atoms with Crippen molar-refractivity contribution in [1.82, 2.24) is 15.1 Å². The van der Waals surface area contributed by atoms with Crippen molar-refractivity contribution in [2.45, 2.75) is 12.6 Å². The van der Waals surface area contributed by atoms with Gasteiger partial charge >= 0.3 is 12.3 Å². The van der Waals surface area contributed by atoms with Gasteiger partial charge in [-0.1, -0.05) is 36.4 Å². The van der Waals surface area contributed by atoms with Crippen molar-refractivity contribution >= 4 is 6.09 Å². The van der Waals surface area contributed by atoms with Crippen molar-refractivity contribution in [2.24, 2.45) is 0 Å². The van der Waals surface area contributed by atoms with Crippen molar-refractivity contribution in [1.29, 1.82) is 0 Å². The largest absolute Gasteiger partial charge is 0.437 e. The van der Waals surface area contributed by atoms with Gasteiger partial charge in [0.1, 0.15) is 5.82 Å². The van der Waals surface area contributed by atoms with Crippen LogP contribution in [-0.2, 0) is 12.6 Å². The molecule has 0 fully saturated rings. The highest BCUT2D eigenvalue weighted by Gasteiger charge is 2.40. The molecule has 1 aromatic heterocycles. The average molecular weight is 393 g/mol. The molecule has 3 rings (SSSR count). The lowest BCUT2D eigenvalue weighted by atomic mass is 10.1. The standard InChI is InChI=1S/C19H15F4N3O2/c20-15-9-5-4-6-13(15)10-11-24-18(27)28-16-12-25-26(17(16)19(21,22)23)14-7-2-1-3-8-14/h1-9,12H,10-11H2,(H,24,27). The SMILES string of the molecule is O=C(NCCc1ccccc1F)Oc1cnn(-c2ccccc2)c1C(F)(F)F. The zero-order valence-corrected chi connectivity index (χ0v) is 14.4. The second-order valence-corrected chi connectivity index (χ2v) is 5.76. The van der Waals surface area contributed by atoms with Gasteiger partial charge in [0.05, 0.1) is 11.9 Å². The molecule has 0 saturated carbocycles. The maximum Gasteiger partial charge on any atom is 0.437 e. The van der Waals surface area contributed by atoms with E-state index in [-0.39, 0.29) is 18.7 Å². The number of aromatic nitrogens is 2. The molecular weight excluding hydrogens is 378 g/mol. The Balaban J connectivity index is 1.71. The van der Waals surface area contributed by atoms with Crippen molar-refractivity contribution in [2.75, 3.05) is 6.54 Å². The number of ether oxygens (including phenoxy) is 1. The molecule has 0 aliphatic heterocycles. The Kier molecular flexibility index (Phi) is 5.62. The van der Waals surface area contributed by atoms with Gasteiger partial charge in [0, 0.05) is 6.54 Å². The molecule has 0 aliphatic rings. The van der Waals surface area contributed by atoms with Gasteiger partial charge in [-0.05, 0) is 30.2 Å². The van der Waals surface area contributed by atoms with Crippen LogP contribution in [0.25, 0.3) is 5.69 Å². The molecule has 1 amide bonds. The lowest BCUT2D eigenvalue weighted by Crippen LogP contribution is -2.29. The van der Waals surface area contributed by atoms with Gasteiger partial charge in [-0.2, -0.15) is 18.3 Å². The fourth-order valence-corrected chi connectivity index (χ4v) is 2.57. The van der Waals surface area contributed by atoms with Gasteiger partial charge in [0.2, 0.25) is 0 Å². The molecule has 0 unspecified atom stereocenters. The number of halogens is 4. The highest BCUT2D eigenvalue weighted by Crippen LogP contribution is 2.37. The van der Waals surface area contributed by atoms with Crippen LogP contribution in [0.3, 0.4) is 0 Å². The average Bonchev–Trinajstić information content (AvgIpc) is 3.08. The van der Waals surface area contributed by atoms with E-state index in [1.807, 2.05) is 0 Å². The number of alkyl halides is 3. The van der Waals surface area contributed by atoms with Gasteiger partial charge in [-0.3, -0.25) is 0 Å². The van der Waals surface area contributed by atoms with Crippen molar-refractivity contribution in [3.63, 3.8) is 0 Å². The van der Waals surface area contributed by atoms with Crippen LogP contribution in [-0.4, -0.2) is 22.4 Å². The van der Waals surface area contributed by atoms with Gasteiger partial charge in [-0.15, -0.1) is 0 Å². The Hall–Kier alpha value is -3.36. The number of hydrogen-bond donors (Lipinski definition) is 1. The molecule has 0 spiro atoms. The number of nitrogens with one attached hydrogen (secondary N) is 1. The highest BCUT2D eigenvalue weighted by molar-refractivity contribution is 5.70. The molecule has 9 heteroatoms. The monoisotopic (exact) mass is 393 g/mol. The molecule has 28 heavy (non-hydrogen) atoms. The van der Waals surface area contributed by atoms with Crippen LogP contribution >= 0.6 is 0 Å². The maximum absolute atomic E-state index is 13.5. The lowest BCUT2D eigenvalue weighted by Gasteiger charge is -2.12. The summed E-state index contributed by atoms with van der Waals surface area (Å²) in [6, 6.07) is 13.7. The summed E-state index contributed by atoms with van der Waals surface area (Å²) >= 11 is 0. The van der Waals surface area contributed by atoms with Gasteiger partial charge in [0.15, 0.2) is 11.4 Å². The summed E-state index contributed by atoms with van der Waals surface area (Å²) in [7, 11) is 0. The summed E-state index contributed by atoms with van der Waals surface area (Å²) in [6.45, 7) is -0.00601. The van der Waals surface area contributed by atoms with E-state index >= 15 is 0 Å². The molecule has 1 N–H and O–H groups in total. The van der Waals surface area contributed by atoms with E-state index in [0.717, 1.165) is 6.20 Å². The van der Waals surface area contributed by atoms with E-state index < -0.39 is 29.5 Å². The topological polar surface area (TPSA) is 56.1 Å². The molecule has 0 aliphatic carbocycles. The molecule has 146 valence electrons. The lowest BCUT2D eigenvalue weighted by molar-refractivity contribution is -0.143. The summed E-state index contributed by atoms with van der Waals surface area (Å²) in [6.07, 6.45) is -4.90. The molecule has 2 aromatic carbocycles. The summed E-state index contributed by atoms with van der Waals surface area (Å²) in [5.41, 5.74) is -0.664. The number of amides is 1. The van der Waals surface area contributed by atoms with E-state index in [0.29, 0.717) is 10.2 Å². The number of benzene rings is 2. The zero-order valence-electron chi connectivity index (χ0n) is 14.4. The Bertz CT molecular complexity index is 955. The second kappa shape index (κ2) is 8.12. The van der Waals surface area contributed by atoms with Gasteiger partial charge in [0.25, 0.3) is 0 Å². The Morgan fingerprint density at radius 3 is 2.43 bits per heavy atom. The van der Waals surface area contributed by atoms with Crippen molar-refractivity contribution < 1.29 is 27.1 Å². The molecule has 0 bridgehead atoms. The van der Waals surface area contributed by atoms with Crippen molar-refractivity contribution in [3.8, 4) is 11.4 Å². The van der Waals surface area contributed by atoms with Crippen LogP contribution in [0.2, 0.25) is 0 Å². The first-order valence-electron chi connectivity index (χ1n) is 8.26. The number of carbonyl (C=O) groups excluding carboxylic acids is 1. The van der Waals surface area contributed by atoms with Crippen LogP contribution < -0.4 is 10.1 Å². The third-order valence-corrected chi connectivity index (χ3v) is 3.83. The van der Waals surface area contributed by atoms with Crippen LogP contribution in [0.1, 0.15) is 11.3 Å². The number of rotatable bonds is 5. The fraction of sp³-hybridized carbons (Fsp3) is 0.158. The predicted molar refractivity (Wildman–Crippen MR) is 92.7 cm³/mol. The second-order valence-electron chi connectivity index (χ2n) is 5.76. The Labute approximate surface area is 157 Å². The fourth-order valence-electron chi connectivity index (χ4n) is 2.57. The number of para-hydroxylation sites is 1. The van der Waals surface area contributed by atoms with Crippen molar-refractivity contribution in [3.05, 3.63) is 77.9 Å². The summed E-state index contributed by atoms with van der Waals surface area (Å²) in [5.74, 6) is -1.15. The smallest absolute Gasteiger partial charge is 0.406 e. The Morgan fingerprint density at radius 1 is 1.07 bits per heavy atom. The van der Waals surface area contributed by atoms with Crippen LogP contribution in [0, 0.1) is 5.82 Å². The van der Waals surface area contributed by atoms with E-state index in [4.69, 9.17) is 4.74 Å². The summed E-state index contributed by atoms with van der Waals surface area (Å²) in [5, 5.41) is 5.99. The van der Waals surface area contributed by atoms with Crippen LogP contribution in [0.15, 0.2) is 60.8 Å². The summed E-state index contributed by atoms with van der Waals surface area (Å²) < 4.78 is 59.4. The number of hydrogen-bond acceptors (Lipinski definition) is 3. The molecule has 3 aromatic rings. The number of nitrogens with zero attached hydrogens (tertiary/aromatic N) is 2. The highest BCUT2D eigenvalue weighted by atomic mass is 19.4. The minimum atomic E-state index is -4.80. The van der Waals surface area contributed by atoms with Crippen LogP contribution in [0.5, 0.6) is 5.75 Å². The zero-order chi connectivity index (χ0) is 20.1. The molecule has 0 radical (unpaired) electrons. The predicted octanol–water partition coefficient (Wildman–Crippen LogP) is 4.36. The molecule has 1 heterocycles. The molecule has 5 nitrogen and oxygen atoms in total. The third kappa shape index (κ3) is 4.48. The third-order valence-electron chi connectivity index (χ3n) is 3.83. The summed E-state index contributed by atoms with van der Waals surface area (Å²) in [4.78, 5) is 11.9. The minimum absolute atomic E-state index is 0.00601. The molecule has 0 saturated heterocycles. The normalized spacial score (nSPS) is 11.3. The van der Waals surface area contributed by atoms with E-state index in [9.17, 15) is 22.4 Å². The first-order chi connectivity index (χ1) is 13.4. The minimum Gasteiger partial charge on any atom is -0.406 e.